The van der Waals surface area contributed by atoms with Gasteiger partial charge in [0, 0.05) is 0 Å². The van der Waals surface area contributed by atoms with Gasteiger partial charge in [-0.05, 0) is 39.5 Å². The molecule has 0 saturated carbocycles. The third kappa shape index (κ3) is 10.9. The molecule has 0 aliphatic heterocycles. The van der Waals surface area contributed by atoms with Gasteiger partial charge in [-0.25, -0.2) is 0 Å². The molecule has 0 unspecified atom stereocenters. The van der Waals surface area contributed by atoms with E-state index in [1.54, 1.807) is 0 Å². The van der Waals surface area contributed by atoms with Gasteiger partial charge in [0.05, 0.1) is 0 Å². The van der Waals surface area contributed by atoms with Gasteiger partial charge >= 0.3 is 30.2 Å². The van der Waals surface area contributed by atoms with Crippen LogP contribution in [0, 0.1) is 35.6 Å². The molecule has 0 N–H and O–H groups in total. The molecule has 0 nitrogen and oxygen atoms in total. The Bertz CT molecular complexity index is 1890. The zero-order valence-corrected chi connectivity index (χ0v) is 36.9. The summed E-state index contributed by atoms with van der Waals surface area (Å²) in [5.74, 6) is 0. The quantitative estimate of drug-likeness (QED) is 0.124. The Hall–Kier alpha value is -2.22. The number of fused-ring (bicyclic) bond motifs is 2. The molecular weight excluding hydrogens is 731 g/mol. The summed E-state index contributed by atoms with van der Waals surface area (Å²) in [6.45, 7) is 25.4. The summed E-state index contributed by atoms with van der Waals surface area (Å²) in [5, 5.41) is 5.54. The topological polar surface area (TPSA) is 0 Å². The molecule has 0 atom stereocenters. The summed E-state index contributed by atoms with van der Waals surface area (Å²) >= 11 is 1.36. The number of halogens is 2. The molecule has 0 heterocycles. The Balaban J connectivity index is 0.000000831. The normalized spacial score (nSPS) is 10.6. The first-order valence-electron chi connectivity index (χ1n) is 16.1. The van der Waals surface area contributed by atoms with Gasteiger partial charge in [-0.15, -0.1) is 92.9 Å². The first kappa shape index (κ1) is 46.8. The van der Waals surface area contributed by atoms with Crippen LogP contribution in [0.25, 0.3) is 43.8 Å². The second-order valence-electron chi connectivity index (χ2n) is 14.4. The van der Waals surface area contributed by atoms with Gasteiger partial charge in [0.1, 0.15) is 0 Å². The zero-order valence-electron chi connectivity index (χ0n) is 31.8. The third-order valence-electron chi connectivity index (χ3n) is 8.95. The van der Waals surface area contributed by atoms with E-state index < -0.39 is 0 Å². The second kappa shape index (κ2) is 19.4. The molecule has 6 aromatic carbocycles. The van der Waals surface area contributed by atoms with E-state index >= 15 is 0 Å². The van der Waals surface area contributed by atoms with E-state index in [4.69, 9.17) is 0 Å². The Labute approximate surface area is 328 Å². The fourth-order valence-electron chi connectivity index (χ4n) is 6.10. The van der Waals surface area contributed by atoms with Crippen molar-refractivity contribution < 1.29 is 23.3 Å². The Morgan fingerprint density at radius 1 is 0.551 bits per heavy atom. The van der Waals surface area contributed by atoms with E-state index in [9.17, 15) is 0 Å². The summed E-state index contributed by atoms with van der Waals surface area (Å²) < 4.78 is 0. The van der Waals surface area contributed by atoms with Crippen LogP contribution < -0.4 is 0 Å². The predicted molar refractivity (Wildman–Crippen MR) is 224 cm³/mol. The van der Waals surface area contributed by atoms with Crippen LogP contribution in [0.15, 0.2) is 97.1 Å². The zero-order chi connectivity index (χ0) is 33.1. The first-order valence-corrected chi connectivity index (χ1v) is 20.3. The summed E-state index contributed by atoms with van der Waals surface area (Å²) in [7, 11) is 0. The van der Waals surface area contributed by atoms with E-state index in [1.165, 1.54) is 101 Å². The molecular formula is C45H56Cl2SiZr-4. The van der Waals surface area contributed by atoms with Crippen LogP contribution in [-0.2, 0) is 40.6 Å². The van der Waals surface area contributed by atoms with Crippen LogP contribution in [0.2, 0.25) is 0 Å². The monoisotopic (exact) mass is 784 g/mol. The molecule has 0 bridgehead atoms. The molecule has 0 aliphatic rings. The number of benzene rings is 4. The van der Waals surface area contributed by atoms with Crippen LogP contribution in [0.3, 0.4) is 0 Å². The van der Waals surface area contributed by atoms with E-state index in [-0.39, 0.29) is 50.5 Å². The predicted octanol–water partition coefficient (Wildman–Crippen LogP) is 13.9. The molecule has 49 heavy (non-hydrogen) atoms. The van der Waals surface area contributed by atoms with E-state index in [0.29, 0.717) is 0 Å². The molecule has 0 amide bonds. The van der Waals surface area contributed by atoms with Crippen molar-refractivity contribution in [2.45, 2.75) is 86.5 Å². The van der Waals surface area contributed by atoms with Crippen molar-refractivity contribution in [2.75, 3.05) is 0 Å². The minimum atomic E-state index is 0. The van der Waals surface area contributed by atoms with Crippen LogP contribution in [-0.4, -0.2) is 6.88 Å². The first-order chi connectivity index (χ1) is 21.3. The van der Waals surface area contributed by atoms with Gasteiger partial charge in [0.25, 0.3) is 0 Å². The molecule has 6 aromatic rings. The molecule has 0 fully saturated rings. The SMILES string of the molecule is CCc1cc2c(-c3ccc(C(C)(C)C)cc3)ccc(C)c2[cH-]1.Cc1cc2c(-c3ccc(C(C)(C)C)cc3)ccc(C)c2[cH-]1.Cl.Cl.[CH3-].[CH3-].[Si]=[Zr]. The molecule has 0 spiro atoms. The van der Waals surface area contributed by atoms with Gasteiger partial charge in [-0.1, -0.05) is 141 Å². The van der Waals surface area contributed by atoms with Gasteiger partial charge < -0.3 is 14.9 Å². The van der Waals surface area contributed by atoms with Crippen LogP contribution in [0.5, 0.6) is 0 Å². The summed E-state index contributed by atoms with van der Waals surface area (Å²) in [6.07, 6.45) is 1.09. The van der Waals surface area contributed by atoms with Crippen molar-refractivity contribution in [3.63, 3.8) is 0 Å². The van der Waals surface area contributed by atoms with Crippen molar-refractivity contribution in [3.05, 3.63) is 145 Å². The van der Waals surface area contributed by atoms with Crippen LogP contribution >= 0.6 is 24.8 Å². The fourth-order valence-corrected chi connectivity index (χ4v) is 6.10. The second-order valence-corrected chi connectivity index (χ2v) is 14.4. The summed E-state index contributed by atoms with van der Waals surface area (Å²) in [4.78, 5) is 0. The average Bonchev–Trinajstić information content (AvgIpc) is 3.63. The maximum atomic E-state index is 3.06. The van der Waals surface area contributed by atoms with Crippen molar-refractivity contribution in [3.8, 4) is 22.3 Å². The number of hydrogen-bond acceptors (Lipinski definition) is 0. The fraction of sp³-hybridized carbons (Fsp3) is 0.289. The van der Waals surface area contributed by atoms with Gasteiger partial charge in [0.15, 0.2) is 0 Å². The minimum absolute atomic E-state index is 0. The summed E-state index contributed by atoms with van der Waals surface area (Å²) in [5.41, 5.74) is 14.0. The van der Waals surface area contributed by atoms with E-state index in [1.807, 2.05) is 0 Å². The molecule has 0 saturated heterocycles. The van der Waals surface area contributed by atoms with E-state index in [0.717, 1.165) is 6.42 Å². The molecule has 262 valence electrons. The Morgan fingerprint density at radius 3 is 1.29 bits per heavy atom. The standard InChI is InChI=1S/C22H25.C21H23.2CH3.2ClH.Si.Zr/c1-6-16-13-20-15(2)7-12-19(21(20)14-16)17-8-10-18(11-9-17)22(3,4)5;1-14-12-19-15(2)6-11-18(20(19)13-14)16-7-9-17(10-8-16)21(3,4)5;;;;;;/h7-14H,6H2,1-5H3;6-13H,1-5H3;2*1H3;2*1H;;/q4*-1;;;;. The van der Waals surface area contributed by atoms with Crippen molar-refractivity contribution in [1.29, 1.82) is 0 Å². The van der Waals surface area contributed by atoms with Crippen molar-refractivity contribution in [2.24, 2.45) is 0 Å². The maximum absolute atomic E-state index is 3.06. The van der Waals surface area contributed by atoms with Crippen molar-refractivity contribution >= 4 is 53.2 Å². The Kier molecular flexibility index (Phi) is 18.5. The van der Waals surface area contributed by atoms with Gasteiger partial charge in [0.2, 0.25) is 0 Å². The van der Waals surface area contributed by atoms with E-state index in [2.05, 4.69) is 173 Å². The Morgan fingerprint density at radius 2 is 0.918 bits per heavy atom. The molecule has 4 heteroatoms. The molecule has 2 radical (unpaired) electrons. The van der Waals surface area contributed by atoms with Gasteiger partial charge in [-0.2, -0.15) is 12.1 Å². The van der Waals surface area contributed by atoms with Gasteiger partial charge in [-0.3, -0.25) is 0 Å². The molecule has 0 aliphatic carbocycles. The average molecular weight is 787 g/mol. The molecule has 0 aromatic heterocycles. The number of hydrogen-bond donors (Lipinski definition) is 0. The van der Waals surface area contributed by atoms with Crippen molar-refractivity contribution in [1.82, 2.24) is 0 Å². The molecule has 6 rings (SSSR count). The summed E-state index contributed by atoms with van der Waals surface area (Å²) in [6, 6.07) is 36.4. The number of rotatable bonds is 3. The van der Waals surface area contributed by atoms with Crippen LogP contribution in [0.4, 0.5) is 0 Å². The van der Waals surface area contributed by atoms with Crippen LogP contribution in [0.1, 0.15) is 81.8 Å². The number of aryl methyl sites for hydroxylation is 4. The third-order valence-corrected chi connectivity index (χ3v) is 8.95.